The van der Waals surface area contributed by atoms with Crippen molar-refractivity contribution in [2.75, 3.05) is 13.2 Å². The summed E-state index contributed by atoms with van der Waals surface area (Å²) in [5, 5.41) is 3.40. The summed E-state index contributed by atoms with van der Waals surface area (Å²) in [6, 6.07) is 3.15. The number of thioether (sulfide) groups is 1. The molecule has 0 spiro atoms. The van der Waals surface area contributed by atoms with Gasteiger partial charge in [0, 0.05) is 31.1 Å². The lowest BCUT2D eigenvalue weighted by molar-refractivity contribution is 0.1000. The number of halogens is 2. The van der Waals surface area contributed by atoms with Crippen LogP contribution in [0.1, 0.15) is 32.3 Å². The van der Waals surface area contributed by atoms with Crippen molar-refractivity contribution in [1.29, 1.82) is 0 Å². The SMILES string of the molecule is CC(C)NCc1cc(F)c(SC2CCOCC2)c(F)c1. The maximum absolute atomic E-state index is 14.1. The molecule has 1 fully saturated rings. The Bertz CT molecular complexity index is 424. The number of rotatable bonds is 5. The van der Waals surface area contributed by atoms with Gasteiger partial charge in [0.15, 0.2) is 0 Å². The van der Waals surface area contributed by atoms with E-state index in [1.54, 1.807) is 0 Å². The third kappa shape index (κ3) is 4.43. The molecule has 5 heteroatoms. The summed E-state index contributed by atoms with van der Waals surface area (Å²) in [4.78, 5) is 0.144. The van der Waals surface area contributed by atoms with Crippen molar-refractivity contribution in [1.82, 2.24) is 5.32 Å². The van der Waals surface area contributed by atoms with Gasteiger partial charge in [0.25, 0.3) is 0 Å². The van der Waals surface area contributed by atoms with Gasteiger partial charge in [-0.2, -0.15) is 0 Å². The Morgan fingerprint density at radius 3 is 2.40 bits per heavy atom. The Labute approximate surface area is 123 Å². The second-order valence-corrected chi connectivity index (χ2v) is 6.66. The van der Waals surface area contributed by atoms with E-state index in [-0.39, 0.29) is 16.2 Å². The highest BCUT2D eigenvalue weighted by atomic mass is 32.2. The third-order valence-corrected chi connectivity index (χ3v) is 4.66. The summed E-state index contributed by atoms with van der Waals surface area (Å²) < 4.78 is 33.4. The van der Waals surface area contributed by atoms with Crippen LogP contribution in [-0.2, 0) is 11.3 Å². The van der Waals surface area contributed by atoms with Crippen LogP contribution in [0.4, 0.5) is 8.78 Å². The number of hydrogen-bond donors (Lipinski definition) is 1. The van der Waals surface area contributed by atoms with E-state index in [1.807, 2.05) is 13.8 Å². The summed E-state index contributed by atoms with van der Waals surface area (Å²) in [6.45, 7) is 5.84. The first-order chi connectivity index (χ1) is 9.56. The minimum atomic E-state index is -0.456. The molecule has 1 aromatic rings. The van der Waals surface area contributed by atoms with Gasteiger partial charge in [0.1, 0.15) is 11.6 Å². The number of hydrogen-bond acceptors (Lipinski definition) is 3. The predicted molar refractivity (Wildman–Crippen MR) is 78.0 cm³/mol. The standard InChI is InChI=1S/C15H21F2NOS/c1-10(2)18-9-11-7-13(16)15(14(17)8-11)20-12-3-5-19-6-4-12/h7-8,10,12,18H,3-6,9H2,1-2H3. The zero-order valence-corrected chi connectivity index (χ0v) is 12.7. The first-order valence-corrected chi connectivity index (χ1v) is 7.90. The Morgan fingerprint density at radius 2 is 1.85 bits per heavy atom. The molecule has 2 rings (SSSR count). The van der Waals surface area contributed by atoms with Crippen molar-refractivity contribution < 1.29 is 13.5 Å². The number of ether oxygens (including phenoxy) is 1. The summed E-state index contributed by atoms with van der Waals surface area (Å²) in [7, 11) is 0. The lowest BCUT2D eigenvalue weighted by Gasteiger charge is -2.22. The van der Waals surface area contributed by atoms with Crippen LogP contribution >= 0.6 is 11.8 Å². The Morgan fingerprint density at radius 1 is 1.25 bits per heavy atom. The Kier molecular flexibility index (Phi) is 5.81. The van der Waals surface area contributed by atoms with E-state index in [0.29, 0.717) is 25.3 Å². The zero-order chi connectivity index (χ0) is 14.5. The van der Waals surface area contributed by atoms with Crippen molar-refractivity contribution in [2.45, 2.75) is 49.4 Å². The quantitative estimate of drug-likeness (QED) is 0.895. The van der Waals surface area contributed by atoms with Gasteiger partial charge < -0.3 is 10.1 Å². The molecule has 0 aliphatic carbocycles. The predicted octanol–water partition coefficient (Wildman–Crippen LogP) is 3.73. The lowest BCUT2D eigenvalue weighted by atomic mass is 10.2. The molecule has 1 aliphatic rings. The number of nitrogens with one attached hydrogen (secondary N) is 1. The van der Waals surface area contributed by atoms with Gasteiger partial charge in [-0.1, -0.05) is 13.8 Å². The summed E-state index contributed by atoms with van der Waals surface area (Å²) >= 11 is 1.30. The van der Waals surface area contributed by atoms with Crippen molar-refractivity contribution in [3.63, 3.8) is 0 Å². The molecule has 1 saturated heterocycles. The molecule has 0 radical (unpaired) electrons. The van der Waals surface area contributed by atoms with E-state index in [0.717, 1.165) is 12.8 Å². The average molecular weight is 301 g/mol. The Hall–Kier alpha value is -0.650. The lowest BCUT2D eigenvalue weighted by Crippen LogP contribution is -2.22. The highest BCUT2D eigenvalue weighted by molar-refractivity contribution is 8.00. The molecule has 2 nitrogen and oxygen atoms in total. The zero-order valence-electron chi connectivity index (χ0n) is 11.9. The van der Waals surface area contributed by atoms with E-state index < -0.39 is 11.6 Å². The molecule has 1 aromatic carbocycles. The van der Waals surface area contributed by atoms with E-state index in [1.165, 1.54) is 23.9 Å². The second-order valence-electron chi connectivity index (χ2n) is 5.35. The maximum Gasteiger partial charge on any atom is 0.140 e. The van der Waals surface area contributed by atoms with Gasteiger partial charge in [-0.3, -0.25) is 0 Å². The second kappa shape index (κ2) is 7.38. The largest absolute Gasteiger partial charge is 0.381 e. The van der Waals surface area contributed by atoms with Crippen molar-refractivity contribution in [3.05, 3.63) is 29.3 Å². The van der Waals surface area contributed by atoms with Gasteiger partial charge in [-0.25, -0.2) is 8.78 Å². The van der Waals surface area contributed by atoms with Crippen molar-refractivity contribution >= 4 is 11.8 Å². The average Bonchev–Trinajstić information content (AvgIpc) is 2.42. The van der Waals surface area contributed by atoms with Gasteiger partial charge >= 0.3 is 0 Å². The minimum absolute atomic E-state index is 0.144. The molecule has 0 amide bonds. The van der Waals surface area contributed by atoms with Crippen LogP contribution < -0.4 is 5.32 Å². The molecule has 0 unspecified atom stereocenters. The highest BCUT2D eigenvalue weighted by Gasteiger charge is 2.20. The first kappa shape index (κ1) is 15.7. The van der Waals surface area contributed by atoms with Crippen LogP contribution in [0.15, 0.2) is 17.0 Å². The van der Waals surface area contributed by atoms with Crippen LogP contribution in [0.5, 0.6) is 0 Å². The van der Waals surface area contributed by atoms with Crippen LogP contribution in [0, 0.1) is 11.6 Å². The van der Waals surface area contributed by atoms with Crippen molar-refractivity contribution in [3.8, 4) is 0 Å². The number of benzene rings is 1. The molecule has 1 N–H and O–H groups in total. The van der Waals surface area contributed by atoms with E-state index in [9.17, 15) is 8.78 Å². The molecule has 1 heterocycles. The molecule has 0 aromatic heterocycles. The monoisotopic (exact) mass is 301 g/mol. The van der Waals surface area contributed by atoms with Gasteiger partial charge in [-0.15, -0.1) is 11.8 Å². The van der Waals surface area contributed by atoms with E-state index in [4.69, 9.17) is 4.74 Å². The molecule has 112 valence electrons. The normalized spacial score (nSPS) is 16.9. The molecular weight excluding hydrogens is 280 g/mol. The third-order valence-electron chi connectivity index (χ3n) is 3.23. The highest BCUT2D eigenvalue weighted by Crippen LogP contribution is 2.34. The van der Waals surface area contributed by atoms with Gasteiger partial charge in [0.05, 0.1) is 4.90 Å². The topological polar surface area (TPSA) is 21.3 Å². The van der Waals surface area contributed by atoms with Gasteiger partial charge in [-0.05, 0) is 30.5 Å². The maximum atomic E-state index is 14.1. The molecular formula is C15H21F2NOS. The first-order valence-electron chi connectivity index (χ1n) is 7.02. The van der Waals surface area contributed by atoms with Crippen LogP contribution in [0.25, 0.3) is 0 Å². The summed E-state index contributed by atoms with van der Waals surface area (Å²) in [5.74, 6) is -0.913. The van der Waals surface area contributed by atoms with Crippen LogP contribution in [-0.4, -0.2) is 24.5 Å². The summed E-state index contributed by atoms with van der Waals surface area (Å²) in [6.07, 6.45) is 1.69. The fourth-order valence-electron chi connectivity index (χ4n) is 2.11. The molecule has 0 atom stereocenters. The fourth-order valence-corrected chi connectivity index (χ4v) is 3.21. The fraction of sp³-hybridized carbons (Fsp3) is 0.600. The Balaban J connectivity index is 2.05. The van der Waals surface area contributed by atoms with E-state index in [2.05, 4.69) is 5.32 Å². The van der Waals surface area contributed by atoms with Crippen LogP contribution in [0.3, 0.4) is 0 Å². The van der Waals surface area contributed by atoms with Crippen molar-refractivity contribution in [2.24, 2.45) is 0 Å². The van der Waals surface area contributed by atoms with E-state index >= 15 is 0 Å². The van der Waals surface area contributed by atoms with Gasteiger partial charge in [0.2, 0.25) is 0 Å². The molecule has 0 bridgehead atoms. The molecule has 0 saturated carbocycles. The minimum Gasteiger partial charge on any atom is -0.381 e. The summed E-state index contributed by atoms with van der Waals surface area (Å²) in [5.41, 5.74) is 0.644. The molecule has 1 aliphatic heterocycles. The molecule has 20 heavy (non-hydrogen) atoms. The van der Waals surface area contributed by atoms with Crippen LogP contribution in [0.2, 0.25) is 0 Å². The smallest absolute Gasteiger partial charge is 0.140 e.